The van der Waals surface area contributed by atoms with Crippen LogP contribution in [0.1, 0.15) is 30.1 Å². The molecule has 1 fully saturated rings. The Balaban J connectivity index is 2.36. The van der Waals surface area contributed by atoms with Crippen LogP contribution in [-0.2, 0) is 4.74 Å². The normalized spacial score (nSPS) is 23.2. The third-order valence-electron chi connectivity index (χ3n) is 3.32. The number of esters is 1. The van der Waals surface area contributed by atoms with Crippen molar-refractivity contribution in [1.29, 1.82) is 0 Å². The van der Waals surface area contributed by atoms with Gasteiger partial charge in [-0.3, -0.25) is 0 Å². The molecule has 1 aromatic rings. The molecule has 1 saturated heterocycles. The SMILES string of the molecule is COC(=O)c1cc(N)ncc1N1CCCC(C)(O)C1. The van der Waals surface area contributed by atoms with Crippen molar-refractivity contribution in [3.05, 3.63) is 17.8 Å². The lowest BCUT2D eigenvalue weighted by Crippen LogP contribution is -2.46. The Kier molecular flexibility index (Phi) is 3.61. The van der Waals surface area contributed by atoms with Gasteiger partial charge in [-0.15, -0.1) is 0 Å². The van der Waals surface area contributed by atoms with E-state index in [1.165, 1.54) is 13.2 Å². The molecule has 2 rings (SSSR count). The number of pyridine rings is 1. The molecular formula is C13H19N3O3. The van der Waals surface area contributed by atoms with Crippen LogP contribution in [-0.4, -0.2) is 41.9 Å². The van der Waals surface area contributed by atoms with Crippen molar-refractivity contribution in [3.63, 3.8) is 0 Å². The maximum atomic E-state index is 11.8. The third kappa shape index (κ3) is 2.96. The number of piperidine rings is 1. The van der Waals surface area contributed by atoms with Crippen LogP contribution in [0, 0.1) is 0 Å². The van der Waals surface area contributed by atoms with Crippen LogP contribution in [0.3, 0.4) is 0 Å². The largest absolute Gasteiger partial charge is 0.465 e. The minimum absolute atomic E-state index is 0.271. The molecule has 6 nitrogen and oxygen atoms in total. The molecule has 0 spiro atoms. The molecule has 0 aromatic carbocycles. The molecule has 0 radical (unpaired) electrons. The van der Waals surface area contributed by atoms with Crippen LogP contribution in [0.2, 0.25) is 0 Å². The van der Waals surface area contributed by atoms with E-state index in [0.29, 0.717) is 17.8 Å². The van der Waals surface area contributed by atoms with Gasteiger partial charge in [0.2, 0.25) is 0 Å². The van der Waals surface area contributed by atoms with Crippen LogP contribution in [0.25, 0.3) is 0 Å². The second-order valence-electron chi connectivity index (χ2n) is 5.14. The summed E-state index contributed by atoms with van der Waals surface area (Å²) in [4.78, 5) is 17.8. The summed E-state index contributed by atoms with van der Waals surface area (Å²) in [5.41, 5.74) is 5.89. The molecule has 3 N–H and O–H groups in total. The summed E-state index contributed by atoms with van der Waals surface area (Å²) in [6.07, 6.45) is 3.17. The summed E-state index contributed by atoms with van der Waals surface area (Å²) in [5.74, 6) is -0.178. The van der Waals surface area contributed by atoms with Gasteiger partial charge in [-0.2, -0.15) is 0 Å². The van der Waals surface area contributed by atoms with E-state index in [9.17, 15) is 9.90 Å². The van der Waals surface area contributed by atoms with E-state index in [1.807, 2.05) is 4.90 Å². The van der Waals surface area contributed by atoms with Crippen LogP contribution in [0.5, 0.6) is 0 Å². The Hall–Kier alpha value is -1.82. The Morgan fingerprint density at radius 1 is 1.63 bits per heavy atom. The van der Waals surface area contributed by atoms with Gasteiger partial charge in [0.25, 0.3) is 0 Å². The molecule has 6 heteroatoms. The molecule has 0 aliphatic carbocycles. The molecule has 1 aliphatic rings. The van der Waals surface area contributed by atoms with Gasteiger partial charge in [-0.1, -0.05) is 0 Å². The monoisotopic (exact) mass is 265 g/mol. The van der Waals surface area contributed by atoms with Crippen molar-refractivity contribution in [2.45, 2.75) is 25.4 Å². The highest BCUT2D eigenvalue weighted by Crippen LogP contribution is 2.28. The van der Waals surface area contributed by atoms with Gasteiger partial charge in [0, 0.05) is 13.1 Å². The number of carbonyl (C=O) groups is 1. The molecular weight excluding hydrogens is 246 g/mol. The van der Waals surface area contributed by atoms with Crippen LogP contribution < -0.4 is 10.6 Å². The minimum Gasteiger partial charge on any atom is -0.465 e. The smallest absolute Gasteiger partial charge is 0.340 e. The fraction of sp³-hybridized carbons (Fsp3) is 0.538. The van der Waals surface area contributed by atoms with Crippen molar-refractivity contribution < 1.29 is 14.6 Å². The molecule has 104 valence electrons. The van der Waals surface area contributed by atoms with E-state index >= 15 is 0 Å². The number of hydrogen-bond donors (Lipinski definition) is 2. The quantitative estimate of drug-likeness (QED) is 0.769. The molecule has 0 amide bonds. The van der Waals surface area contributed by atoms with Crippen molar-refractivity contribution in [2.75, 3.05) is 30.8 Å². The number of hydrogen-bond acceptors (Lipinski definition) is 6. The van der Waals surface area contributed by atoms with E-state index in [4.69, 9.17) is 10.5 Å². The first-order chi connectivity index (χ1) is 8.93. The summed E-state index contributed by atoms with van der Waals surface area (Å²) in [6.45, 7) is 3.02. The fourth-order valence-electron chi connectivity index (χ4n) is 2.42. The number of β-amino-alcohol motifs (C(OH)–C–C–N with tert-alkyl or cyclic N) is 1. The number of nitrogen functional groups attached to an aromatic ring is 1. The van der Waals surface area contributed by atoms with Gasteiger partial charge in [0.15, 0.2) is 0 Å². The van der Waals surface area contributed by atoms with Crippen molar-refractivity contribution >= 4 is 17.5 Å². The molecule has 1 atom stereocenters. The van der Waals surface area contributed by atoms with E-state index in [1.54, 1.807) is 13.1 Å². The van der Waals surface area contributed by atoms with E-state index in [2.05, 4.69) is 4.98 Å². The van der Waals surface area contributed by atoms with Crippen LogP contribution in [0.4, 0.5) is 11.5 Å². The van der Waals surface area contributed by atoms with Gasteiger partial charge in [-0.25, -0.2) is 9.78 Å². The average Bonchev–Trinajstić information content (AvgIpc) is 2.36. The average molecular weight is 265 g/mol. The number of ether oxygens (including phenoxy) is 1. The first kappa shape index (κ1) is 13.6. The zero-order chi connectivity index (χ0) is 14.0. The number of aliphatic hydroxyl groups is 1. The lowest BCUT2D eigenvalue weighted by Gasteiger charge is -2.38. The maximum Gasteiger partial charge on any atom is 0.340 e. The first-order valence-electron chi connectivity index (χ1n) is 6.24. The highest BCUT2D eigenvalue weighted by atomic mass is 16.5. The highest BCUT2D eigenvalue weighted by Gasteiger charge is 2.30. The molecule has 1 aliphatic heterocycles. The van der Waals surface area contributed by atoms with Gasteiger partial charge in [0.1, 0.15) is 5.82 Å². The van der Waals surface area contributed by atoms with Crippen LogP contribution in [0.15, 0.2) is 12.3 Å². The predicted octanol–water partition coefficient (Wildman–Crippen LogP) is 0.802. The summed E-state index contributed by atoms with van der Waals surface area (Å²) >= 11 is 0. The summed E-state index contributed by atoms with van der Waals surface area (Å²) in [7, 11) is 1.33. The topological polar surface area (TPSA) is 88.7 Å². The Labute approximate surface area is 112 Å². The zero-order valence-electron chi connectivity index (χ0n) is 11.2. The van der Waals surface area contributed by atoms with Crippen LogP contribution >= 0.6 is 0 Å². The van der Waals surface area contributed by atoms with Crippen molar-refractivity contribution in [1.82, 2.24) is 4.98 Å². The van der Waals surface area contributed by atoms with Gasteiger partial charge in [-0.05, 0) is 25.8 Å². The second kappa shape index (κ2) is 5.05. The molecule has 19 heavy (non-hydrogen) atoms. The Morgan fingerprint density at radius 2 is 2.37 bits per heavy atom. The lowest BCUT2D eigenvalue weighted by molar-refractivity contribution is 0.0444. The first-order valence-corrected chi connectivity index (χ1v) is 6.24. The summed E-state index contributed by atoms with van der Waals surface area (Å²) in [5, 5.41) is 10.1. The minimum atomic E-state index is -0.757. The standard InChI is InChI=1S/C13H19N3O3/c1-13(18)4-3-5-16(8-13)10-7-15-11(14)6-9(10)12(17)19-2/h6-7,18H,3-5,8H2,1-2H3,(H2,14,15). The zero-order valence-corrected chi connectivity index (χ0v) is 11.2. The predicted molar refractivity (Wildman–Crippen MR) is 72.1 cm³/mol. The van der Waals surface area contributed by atoms with E-state index < -0.39 is 11.6 Å². The third-order valence-corrected chi connectivity index (χ3v) is 3.32. The number of methoxy groups -OCH3 is 1. The molecule has 0 bridgehead atoms. The maximum absolute atomic E-state index is 11.8. The summed E-state index contributed by atoms with van der Waals surface area (Å²) in [6, 6.07) is 1.50. The lowest BCUT2D eigenvalue weighted by atomic mass is 9.94. The van der Waals surface area contributed by atoms with Crippen molar-refractivity contribution in [2.24, 2.45) is 0 Å². The van der Waals surface area contributed by atoms with Gasteiger partial charge >= 0.3 is 5.97 Å². The number of anilines is 2. The van der Waals surface area contributed by atoms with E-state index in [0.717, 1.165) is 19.4 Å². The summed E-state index contributed by atoms with van der Waals surface area (Å²) < 4.78 is 4.76. The highest BCUT2D eigenvalue weighted by molar-refractivity contribution is 5.96. The molecule has 2 heterocycles. The van der Waals surface area contributed by atoms with Crippen molar-refractivity contribution in [3.8, 4) is 0 Å². The second-order valence-corrected chi connectivity index (χ2v) is 5.14. The number of nitrogens with two attached hydrogens (primary N) is 1. The fourth-order valence-corrected chi connectivity index (χ4v) is 2.42. The number of nitrogens with zero attached hydrogens (tertiary/aromatic N) is 2. The number of carbonyl (C=O) groups excluding carboxylic acids is 1. The Bertz CT molecular complexity index is 488. The molecule has 1 aromatic heterocycles. The number of aromatic nitrogens is 1. The van der Waals surface area contributed by atoms with Gasteiger partial charge < -0.3 is 20.5 Å². The molecule has 0 saturated carbocycles. The number of rotatable bonds is 2. The van der Waals surface area contributed by atoms with Gasteiger partial charge in [0.05, 0.1) is 30.2 Å². The molecule has 1 unspecified atom stereocenters. The Morgan fingerprint density at radius 3 is 3.00 bits per heavy atom. The van der Waals surface area contributed by atoms with E-state index in [-0.39, 0.29) is 5.82 Å².